The molecule has 0 radical (unpaired) electrons. The molecule has 1 rings (SSSR count). The van der Waals surface area contributed by atoms with E-state index < -0.39 is 11.7 Å². The first-order chi connectivity index (χ1) is 12.7. The van der Waals surface area contributed by atoms with Crippen LogP contribution in [0.25, 0.3) is 0 Å². The number of hydrogen-bond donors (Lipinski definition) is 4. The zero-order valence-electron chi connectivity index (χ0n) is 17.6. The number of ether oxygens (including phenoxy) is 2. The van der Waals surface area contributed by atoms with Crippen LogP contribution in [0.15, 0.2) is 4.99 Å². The molecule has 0 aliphatic carbocycles. The van der Waals surface area contributed by atoms with Crippen LogP contribution in [0.5, 0.6) is 0 Å². The summed E-state index contributed by atoms with van der Waals surface area (Å²) < 4.78 is 10.9. The van der Waals surface area contributed by atoms with Gasteiger partial charge in [-0.1, -0.05) is 13.3 Å². The predicted molar refractivity (Wildman–Crippen MR) is 107 cm³/mol. The van der Waals surface area contributed by atoms with Crippen molar-refractivity contribution in [1.82, 2.24) is 16.0 Å². The Morgan fingerprint density at radius 1 is 1.37 bits per heavy atom. The largest absolute Gasteiger partial charge is 0.444 e. The van der Waals surface area contributed by atoms with Gasteiger partial charge >= 0.3 is 6.09 Å². The Morgan fingerprint density at radius 3 is 2.63 bits per heavy atom. The summed E-state index contributed by atoms with van der Waals surface area (Å²) in [5, 5.41) is 18.9. The summed E-state index contributed by atoms with van der Waals surface area (Å²) in [4.78, 5) is 16.3. The van der Waals surface area contributed by atoms with Crippen LogP contribution in [-0.4, -0.2) is 68.8 Å². The molecule has 4 N–H and O–H groups in total. The lowest BCUT2D eigenvalue weighted by Gasteiger charge is -2.28. The predicted octanol–water partition coefficient (Wildman–Crippen LogP) is 1.63. The lowest BCUT2D eigenvalue weighted by Crippen LogP contribution is -2.50. The minimum Gasteiger partial charge on any atom is -0.444 e. The van der Waals surface area contributed by atoms with Crippen molar-refractivity contribution in [3.05, 3.63) is 0 Å². The molecule has 0 saturated carbocycles. The second-order valence-electron chi connectivity index (χ2n) is 8.21. The normalized spacial score (nSPS) is 21.6. The van der Waals surface area contributed by atoms with Crippen molar-refractivity contribution in [2.45, 2.75) is 65.0 Å². The third kappa shape index (κ3) is 9.28. The lowest BCUT2D eigenvalue weighted by atomic mass is 9.84. The maximum atomic E-state index is 12.0. The van der Waals surface area contributed by atoms with Crippen LogP contribution in [0.1, 0.15) is 53.4 Å². The monoisotopic (exact) mass is 386 g/mol. The lowest BCUT2D eigenvalue weighted by molar-refractivity contribution is 0.0502. The minimum absolute atomic E-state index is 0.0513. The van der Waals surface area contributed by atoms with Crippen molar-refractivity contribution in [2.75, 3.05) is 40.0 Å². The maximum absolute atomic E-state index is 12.0. The second-order valence-corrected chi connectivity index (χ2v) is 8.21. The minimum atomic E-state index is -0.518. The van der Waals surface area contributed by atoms with Crippen LogP contribution in [0.2, 0.25) is 0 Å². The van der Waals surface area contributed by atoms with Crippen LogP contribution in [0.4, 0.5) is 4.79 Å². The highest BCUT2D eigenvalue weighted by atomic mass is 16.6. The van der Waals surface area contributed by atoms with Gasteiger partial charge in [0.15, 0.2) is 5.96 Å². The molecule has 1 fully saturated rings. The van der Waals surface area contributed by atoms with Gasteiger partial charge in [0.1, 0.15) is 5.60 Å². The Morgan fingerprint density at radius 2 is 2.11 bits per heavy atom. The molecule has 8 nitrogen and oxygen atoms in total. The van der Waals surface area contributed by atoms with E-state index in [-0.39, 0.29) is 18.1 Å². The molecule has 158 valence electrons. The molecule has 0 spiro atoms. The van der Waals surface area contributed by atoms with Crippen molar-refractivity contribution in [3.8, 4) is 0 Å². The van der Waals surface area contributed by atoms with Crippen LogP contribution in [-0.2, 0) is 9.47 Å². The van der Waals surface area contributed by atoms with Crippen molar-refractivity contribution < 1.29 is 19.4 Å². The molecule has 2 unspecified atom stereocenters. The van der Waals surface area contributed by atoms with E-state index in [1.54, 1.807) is 7.05 Å². The van der Waals surface area contributed by atoms with Gasteiger partial charge in [-0.05, 0) is 40.0 Å². The van der Waals surface area contributed by atoms with Crippen molar-refractivity contribution >= 4 is 12.1 Å². The Kier molecular flexibility index (Phi) is 9.87. The summed E-state index contributed by atoms with van der Waals surface area (Å²) >= 11 is 0. The highest BCUT2D eigenvalue weighted by Gasteiger charge is 2.34. The molecule has 1 aliphatic heterocycles. The third-order valence-corrected chi connectivity index (χ3v) is 4.56. The fourth-order valence-electron chi connectivity index (χ4n) is 3.07. The Bertz CT molecular complexity index is 471. The molecule has 27 heavy (non-hydrogen) atoms. The summed E-state index contributed by atoms with van der Waals surface area (Å²) in [7, 11) is 1.72. The number of carbonyl (C=O) groups is 1. The fourth-order valence-corrected chi connectivity index (χ4v) is 3.07. The summed E-state index contributed by atoms with van der Waals surface area (Å²) in [6.45, 7) is 10.4. The van der Waals surface area contributed by atoms with E-state index in [1.165, 1.54) is 0 Å². The van der Waals surface area contributed by atoms with Gasteiger partial charge < -0.3 is 30.5 Å². The van der Waals surface area contributed by atoms with Crippen LogP contribution in [0.3, 0.4) is 0 Å². The van der Waals surface area contributed by atoms with Crippen LogP contribution < -0.4 is 16.0 Å². The summed E-state index contributed by atoms with van der Waals surface area (Å²) in [5.41, 5.74) is -0.569. The van der Waals surface area contributed by atoms with Gasteiger partial charge in [0, 0.05) is 44.8 Å². The van der Waals surface area contributed by atoms with Gasteiger partial charge in [-0.2, -0.15) is 0 Å². The molecular formula is C19H38N4O4. The molecule has 2 atom stereocenters. The second kappa shape index (κ2) is 11.3. The van der Waals surface area contributed by atoms with E-state index in [1.807, 2.05) is 20.8 Å². The summed E-state index contributed by atoms with van der Waals surface area (Å²) in [6.07, 6.45) is 3.01. The fraction of sp³-hybridized carbons (Fsp3) is 0.895. The van der Waals surface area contributed by atoms with E-state index in [0.29, 0.717) is 32.1 Å². The van der Waals surface area contributed by atoms with Gasteiger partial charge in [-0.15, -0.1) is 0 Å². The highest BCUT2D eigenvalue weighted by molar-refractivity contribution is 5.79. The molecule has 1 saturated heterocycles. The zero-order valence-corrected chi connectivity index (χ0v) is 17.6. The van der Waals surface area contributed by atoms with Gasteiger partial charge in [-0.3, -0.25) is 4.99 Å². The first kappa shape index (κ1) is 23.5. The first-order valence-corrected chi connectivity index (χ1v) is 9.86. The summed E-state index contributed by atoms with van der Waals surface area (Å²) in [5.74, 6) is 0.673. The molecule has 0 bridgehead atoms. The van der Waals surface area contributed by atoms with Crippen LogP contribution in [0, 0.1) is 5.41 Å². The van der Waals surface area contributed by atoms with E-state index >= 15 is 0 Å². The van der Waals surface area contributed by atoms with Crippen molar-refractivity contribution in [1.29, 1.82) is 0 Å². The molecule has 1 heterocycles. The number of aliphatic hydroxyl groups is 1. The molecule has 0 aromatic carbocycles. The third-order valence-electron chi connectivity index (χ3n) is 4.56. The number of rotatable bonds is 9. The SMILES string of the molecule is CCCC(CNC(=NC)NCC1(CCO)CCOC1)NC(=O)OC(C)(C)C. The Hall–Kier alpha value is -1.54. The smallest absolute Gasteiger partial charge is 0.407 e. The van der Waals surface area contributed by atoms with Gasteiger partial charge in [0.05, 0.1) is 6.61 Å². The average Bonchev–Trinajstić information content (AvgIpc) is 3.02. The number of nitrogens with one attached hydrogen (secondary N) is 3. The number of aliphatic imine (C=N–C) groups is 1. The number of nitrogens with zero attached hydrogens (tertiary/aromatic N) is 1. The first-order valence-electron chi connectivity index (χ1n) is 9.86. The molecule has 0 aromatic rings. The number of guanidine groups is 1. The summed E-state index contributed by atoms with van der Waals surface area (Å²) in [6, 6.07) is -0.0513. The Labute approximate surface area is 163 Å². The highest BCUT2D eigenvalue weighted by Crippen LogP contribution is 2.31. The van der Waals surface area contributed by atoms with E-state index in [0.717, 1.165) is 25.9 Å². The topological polar surface area (TPSA) is 104 Å². The van der Waals surface area contributed by atoms with Crippen molar-refractivity contribution in [3.63, 3.8) is 0 Å². The van der Waals surface area contributed by atoms with Gasteiger partial charge in [0.25, 0.3) is 0 Å². The standard InChI is InChI=1S/C19H38N4O4/c1-6-7-15(23-17(25)27-18(2,3)4)12-21-16(20-5)22-13-19(8-10-24)9-11-26-14-19/h15,24H,6-14H2,1-5H3,(H,23,25)(H2,20,21,22). The number of hydrogen-bond acceptors (Lipinski definition) is 5. The van der Waals surface area contributed by atoms with E-state index in [4.69, 9.17) is 9.47 Å². The number of alkyl carbamates (subject to hydrolysis) is 1. The average molecular weight is 387 g/mol. The maximum Gasteiger partial charge on any atom is 0.407 e. The zero-order chi connectivity index (χ0) is 20.3. The van der Waals surface area contributed by atoms with Crippen LogP contribution >= 0.6 is 0 Å². The van der Waals surface area contributed by atoms with E-state index in [9.17, 15) is 9.90 Å². The van der Waals surface area contributed by atoms with Gasteiger partial charge in [-0.25, -0.2) is 4.79 Å². The van der Waals surface area contributed by atoms with Crippen molar-refractivity contribution in [2.24, 2.45) is 10.4 Å². The number of carbonyl (C=O) groups excluding carboxylic acids is 1. The molecule has 1 amide bonds. The van der Waals surface area contributed by atoms with Gasteiger partial charge in [0.2, 0.25) is 0 Å². The number of aliphatic hydroxyl groups excluding tert-OH is 1. The molecule has 1 aliphatic rings. The van der Waals surface area contributed by atoms with E-state index in [2.05, 4.69) is 27.9 Å². The molecule has 0 aromatic heterocycles. The molecular weight excluding hydrogens is 348 g/mol. The quantitative estimate of drug-likeness (QED) is 0.355. The number of amides is 1. The molecule has 8 heteroatoms. The Balaban J connectivity index is 2.50.